The molecule has 5 heteroatoms. The highest BCUT2D eigenvalue weighted by molar-refractivity contribution is 5.86. The van der Waals surface area contributed by atoms with Crippen molar-refractivity contribution in [2.24, 2.45) is 5.92 Å². The first-order chi connectivity index (χ1) is 12.1. The largest absolute Gasteiger partial charge is 0.354 e. The molecule has 1 aromatic carbocycles. The number of likely N-dealkylation sites (tertiary alicyclic amines) is 2. The molecule has 0 saturated carbocycles. The molecule has 0 bridgehead atoms. The lowest BCUT2D eigenvalue weighted by atomic mass is 9.95. The molecule has 2 saturated heterocycles. The Kier molecular flexibility index (Phi) is 6.08. The molecule has 2 atom stereocenters. The number of rotatable bonds is 5. The molecule has 25 heavy (non-hydrogen) atoms. The van der Waals surface area contributed by atoms with Crippen molar-refractivity contribution in [1.29, 1.82) is 0 Å². The van der Waals surface area contributed by atoms with Crippen molar-refractivity contribution in [1.82, 2.24) is 15.1 Å². The van der Waals surface area contributed by atoms with E-state index in [0.29, 0.717) is 25.6 Å². The summed E-state index contributed by atoms with van der Waals surface area (Å²) in [7, 11) is 1.81. The highest BCUT2D eigenvalue weighted by Crippen LogP contribution is 2.20. The van der Waals surface area contributed by atoms with Crippen LogP contribution in [0.2, 0.25) is 0 Å². The van der Waals surface area contributed by atoms with E-state index in [-0.39, 0.29) is 17.7 Å². The molecule has 2 aliphatic heterocycles. The average molecular weight is 343 g/mol. The maximum absolute atomic E-state index is 12.5. The highest BCUT2D eigenvalue weighted by Gasteiger charge is 2.29. The van der Waals surface area contributed by atoms with Crippen LogP contribution in [0.15, 0.2) is 30.3 Å². The first-order valence-corrected chi connectivity index (χ1v) is 9.43. The fraction of sp³-hybridized carbons (Fsp3) is 0.600. The molecule has 2 fully saturated rings. The van der Waals surface area contributed by atoms with Gasteiger partial charge in [-0.25, -0.2) is 0 Å². The van der Waals surface area contributed by atoms with E-state index in [1.165, 1.54) is 18.4 Å². The summed E-state index contributed by atoms with van der Waals surface area (Å²) in [6.45, 7) is 3.39. The van der Waals surface area contributed by atoms with E-state index in [1.54, 1.807) is 11.9 Å². The van der Waals surface area contributed by atoms with Crippen molar-refractivity contribution in [2.75, 3.05) is 26.7 Å². The van der Waals surface area contributed by atoms with Crippen LogP contribution in [0.4, 0.5) is 0 Å². The molecule has 0 radical (unpaired) electrons. The van der Waals surface area contributed by atoms with Gasteiger partial charge in [-0.3, -0.25) is 14.5 Å². The Labute approximate surface area is 150 Å². The molecule has 2 aliphatic rings. The minimum absolute atomic E-state index is 0.0479. The quantitative estimate of drug-likeness (QED) is 0.890. The van der Waals surface area contributed by atoms with Gasteiger partial charge in [-0.15, -0.1) is 0 Å². The Balaban J connectivity index is 1.51. The smallest absolute Gasteiger partial charge is 0.223 e. The zero-order valence-corrected chi connectivity index (χ0v) is 15.1. The lowest BCUT2D eigenvalue weighted by Gasteiger charge is -2.36. The third-order valence-electron chi connectivity index (χ3n) is 5.52. The number of carbonyl (C=O) groups is 2. The summed E-state index contributed by atoms with van der Waals surface area (Å²) in [5, 5.41) is 3.12. The molecule has 0 unspecified atom stereocenters. The third-order valence-corrected chi connectivity index (χ3v) is 5.52. The van der Waals surface area contributed by atoms with Gasteiger partial charge in [-0.2, -0.15) is 0 Å². The maximum Gasteiger partial charge on any atom is 0.223 e. The van der Waals surface area contributed by atoms with Gasteiger partial charge in [-0.05, 0) is 31.4 Å². The molecule has 1 aromatic rings. The van der Waals surface area contributed by atoms with Gasteiger partial charge in [0.05, 0.1) is 0 Å². The molecule has 1 N–H and O–H groups in total. The number of nitrogens with zero attached hydrogens (tertiary/aromatic N) is 2. The van der Waals surface area contributed by atoms with Crippen LogP contribution in [-0.4, -0.2) is 54.3 Å². The fourth-order valence-electron chi connectivity index (χ4n) is 3.85. The standard InChI is InChI=1S/C20H29N3O2/c1-22-12-10-17(13-19(22)24)20(25)21-14-18-9-5-6-11-23(18)15-16-7-3-2-4-8-16/h2-4,7-8,17-18H,5-6,9-15H2,1H3,(H,21,25)/t17-,18+/m1/s1. The predicted octanol–water partition coefficient (Wildman–Crippen LogP) is 2.03. The monoisotopic (exact) mass is 343 g/mol. The second kappa shape index (κ2) is 8.48. The molecule has 0 spiro atoms. The van der Waals surface area contributed by atoms with Crippen LogP contribution in [0.3, 0.4) is 0 Å². The third kappa shape index (κ3) is 4.82. The maximum atomic E-state index is 12.5. The number of piperidine rings is 2. The molecule has 5 nitrogen and oxygen atoms in total. The second-order valence-corrected chi connectivity index (χ2v) is 7.36. The summed E-state index contributed by atoms with van der Waals surface area (Å²) in [6, 6.07) is 10.9. The number of nitrogens with one attached hydrogen (secondary N) is 1. The van der Waals surface area contributed by atoms with Gasteiger partial charge in [0.25, 0.3) is 0 Å². The van der Waals surface area contributed by atoms with Gasteiger partial charge in [0.15, 0.2) is 0 Å². The summed E-state index contributed by atoms with van der Waals surface area (Å²) < 4.78 is 0. The first kappa shape index (κ1) is 17.9. The number of benzene rings is 1. The van der Waals surface area contributed by atoms with Crippen LogP contribution in [-0.2, 0) is 16.1 Å². The molecule has 3 rings (SSSR count). The van der Waals surface area contributed by atoms with E-state index in [2.05, 4.69) is 34.5 Å². The minimum Gasteiger partial charge on any atom is -0.354 e. The second-order valence-electron chi connectivity index (χ2n) is 7.36. The van der Waals surface area contributed by atoms with Crippen LogP contribution in [0.1, 0.15) is 37.7 Å². The van der Waals surface area contributed by atoms with Crippen molar-refractivity contribution in [2.45, 2.75) is 44.7 Å². The van der Waals surface area contributed by atoms with E-state index in [1.807, 2.05) is 6.07 Å². The van der Waals surface area contributed by atoms with Crippen LogP contribution >= 0.6 is 0 Å². The van der Waals surface area contributed by atoms with Crippen molar-refractivity contribution >= 4 is 11.8 Å². The van der Waals surface area contributed by atoms with Gasteiger partial charge in [-0.1, -0.05) is 36.8 Å². The summed E-state index contributed by atoms with van der Waals surface area (Å²) in [5.41, 5.74) is 1.32. The lowest BCUT2D eigenvalue weighted by Crippen LogP contribution is -2.48. The molecular formula is C20H29N3O2. The average Bonchev–Trinajstić information content (AvgIpc) is 2.64. The van der Waals surface area contributed by atoms with Gasteiger partial charge >= 0.3 is 0 Å². The molecule has 0 aromatic heterocycles. The fourth-order valence-corrected chi connectivity index (χ4v) is 3.85. The number of hydrogen-bond acceptors (Lipinski definition) is 3. The van der Waals surface area contributed by atoms with E-state index in [9.17, 15) is 9.59 Å². The van der Waals surface area contributed by atoms with E-state index in [0.717, 1.165) is 25.9 Å². The Morgan fingerprint density at radius 3 is 2.72 bits per heavy atom. The van der Waals surface area contributed by atoms with Gasteiger partial charge < -0.3 is 10.2 Å². The molecule has 2 heterocycles. The van der Waals surface area contributed by atoms with Crippen molar-refractivity contribution in [3.05, 3.63) is 35.9 Å². The summed E-state index contributed by atoms with van der Waals surface area (Å²) in [5.74, 6) is -0.0312. The summed E-state index contributed by atoms with van der Waals surface area (Å²) in [4.78, 5) is 28.5. The Hall–Kier alpha value is -1.88. The molecular weight excluding hydrogens is 314 g/mol. The van der Waals surface area contributed by atoms with Crippen LogP contribution in [0.25, 0.3) is 0 Å². The van der Waals surface area contributed by atoms with Crippen LogP contribution in [0.5, 0.6) is 0 Å². The number of hydrogen-bond donors (Lipinski definition) is 1. The Morgan fingerprint density at radius 1 is 1.16 bits per heavy atom. The molecule has 2 amide bonds. The van der Waals surface area contributed by atoms with Crippen LogP contribution < -0.4 is 5.32 Å². The summed E-state index contributed by atoms with van der Waals surface area (Å²) >= 11 is 0. The summed E-state index contributed by atoms with van der Waals surface area (Å²) in [6.07, 6.45) is 4.69. The van der Waals surface area contributed by atoms with E-state index < -0.39 is 0 Å². The Bertz CT molecular complexity index is 590. The Morgan fingerprint density at radius 2 is 1.96 bits per heavy atom. The minimum atomic E-state index is -0.158. The van der Waals surface area contributed by atoms with Crippen molar-refractivity contribution in [3.8, 4) is 0 Å². The topological polar surface area (TPSA) is 52.7 Å². The zero-order valence-electron chi connectivity index (χ0n) is 15.1. The van der Waals surface area contributed by atoms with E-state index in [4.69, 9.17) is 0 Å². The van der Waals surface area contributed by atoms with Gasteiger partial charge in [0.2, 0.25) is 11.8 Å². The highest BCUT2D eigenvalue weighted by atomic mass is 16.2. The molecule has 0 aliphatic carbocycles. The van der Waals surface area contributed by atoms with Crippen molar-refractivity contribution < 1.29 is 9.59 Å². The number of amides is 2. The molecule has 136 valence electrons. The van der Waals surface area contributed by atoms with Crippen LogP contribution in [0, 0.1) is 5.92 Å². The zero-order chi connectivity index (χ0) is 17.6. The first-order valence-electron chi connectivity index (χ1n) is 9.43. The van der Waals surface area contributed by atoms with Crippen molar-refractivity contribution in [3.63, 3.8) is 0 Å². The predicted molar refractivity (Wildman–Crippen MR) is 97.9 cm³/mol. The lowest BCUT2D eigenvalue weighted by molar-refractivity contribution is -0.139. The van der Waals surface area contributed by atoms with E-state index >= 15 is 0 Å². The van der Waals surface area contributed by atoms with Gasteiger partial charge in [0.1, 0.15) is 0 Å². The SMILES string of the molecule is CN1CC[C@@H](C(=O)NC[C@@H]2CCCCN2Cc2ccccc2)CC1=O. The normalized spacial score (nSPS) is 25.0. The van der Waals surface area contributed by atoms with Gasteiger partial charge in [0, 0.05) is 45.1 Å². The number of carbonyl (C=O) groups excluding carboxylic acids is 2.